The van der Waals surface area contributed by atoms with E-state index in [1.54, 1.807) is 12.1 Å². The lowest BCUT2D eigenvalue weighted by Crippen LogP contribution is -2.25. The van der Waals surface area contributed by atoms with Crippen LogP contribution in [-0.4, -0.2) is 41.9 Å². The van der Waals surface area contributed by atoms with Gasteiger partial charge in [0.1, 0.15) is 0 Å². The number of anilines is 2. The molecule has 1 amide bonds. The molecule has 0 aliphatic heterocycles. The molecule has 0 aliphatic carbocycles. The Morgan fingerprint density at radius 2 is 1.86 bits per heavy atom. The van der Waals surface area contributed by atoms with Crippen molar-refractivity contribution in [3.05, 3.63) is 24.3 Å². The van der Waals surface area contributed by atoms with E-state index in [-0.39, 0.29) is 5.91 Å². The Morgan fingerprint density at radius 1 is 1.19 bits per heavy atom. The number of nitrogens with zero attached hydrogens (tertiary/aromatic N) is 1. The van der Waals surface area contributed by atoms with Gasteiger partial charge < -0.3 is 16.0 Å². The fourth-order valence-corrected chi connectivity index (χ4v) is 2.90. The van der Waals surface area contributed by atoms with Crippen LogP contribution >= 0.6 is 11.8 Å². The Hall–Kier alpha value is -1.20. The average molecular weight is 309 g/mol. The van der Waals surface area contributed by atoms with Crippen LogP contribution < -0.4 is 11.1 Å². The number of rotatable bonds is 10. The van der Waals surface area contributed by atoms with Gasteiger partial charge in [-0.15, -0.1) is 0 Å². The van der Waals surface area contributed by atoms with Gasteiger partial charge in [-0.2, -0.15) is 11.8 Å². The number of thioether (sulfide) groups is 1. The molecule has 0 fully saturated rings. The summed E-state index contributed by atoms with van der Waals surface area (Å²) in [6.45, 7) is 7.74. The van der Waals surface area contributed by atoms with Crippen molar-refractivity contribution in [1.82, 2.24) is 4.90 Å². The van der Waals surface area contributed by atoms with Crippen molar-refractivity contribution in [1.29, 1.82) is 0 Å². The Labute approximate surface area is 132 Å². The zero-order valence-corrected chi connectivity index (χ0v) is 13.9. The van der Waals surface area contributed by atoms with E-state index < -0.39 is 0 Å². The first-order chi connectivity index (χ1) is 10.2. The van der Waals surface area contributed by atoms with E-state index in [0.717, 1.165) is 43.2 Å². The first kappa shape index (κ1) is 17.9. The van der Waals surface area contributed by atoms with Crippen LogP contribution in [0.15, 0.2) is 24.3 Å². The summed E-state index contributed by atoms with van der Waals surface area (Å²) >= 11 is 1.92. The van der Waals surface area contributed by atoms with E-state index in [0.29, 0.717) is 12.1 Å². The standard InChI is InChI=1S/C16H27N3OS/c1-3-19(4-2)11-13-21-12-5-6-16(20)18-15-9-7-14(17)8-10-15/h7-10H,3-6,11-13,17H2,1-2H3,(H,18,20). The van der Waals surface area contributed by atoms with Crippen LogP contribution in [0.3, 0.4) is 0 Å². The van der Waals surface area contributed by atoms with Crippen LogP contribution in [0.1, 0.15) is 26.7 Å². The molecule has 0 atom stereocenters. The second-order valence-corrected chi connectivity index (χ2v) is 6.14. The first-order valence-electron chi connectivity index (χ1n) is 7.61. The van der Waals surface area contributed by atoms with Crippen LogP contribution in [0, 0.1) is 0 Å². The smallest absolute Gasteiger partial charge is 0.224 e. The van der Waals surface area contributed by atoms with E-state index in [1.807, 2.05) is 23.9 Å². The van der Waals surface area contributed by atoms with Gasteiger partial charge >= 0.3 is 0 Å². The molecule has 0 bridgehead atoms. The number of nitrogens with two attached hydrogens (primary N) is 1. The summed E-state index contributed by atoms with van der Waals surface area (Å²) in [5, 5.41) is 2.88. The molecule has 0 saturated heterocycles. The van der Waals surface area contributed by atoms with Gasteiger partial charge in [0.15, 0.2) is 0 Å². The van der Waals surface area contributed by atoms with Crippen molar-refractivity contribution in [2.45, 2.75) is 26.7 Å². The number of nitrogens with one attached hydrogen (secondary N) is 1. The largest absolute Gasteiger partial charge is 0.399 e. The summed E-state index contributed by atoms with van der Waals surface area (Å²) in [5.74, 6) is 2.25. The minimum absolute atomic E-state index is 0.0733. The summed E-state index contributed by atoms with van der Waals surface area (Å²) in [4.78, 5) is 14.2. The lowest BCUT2D eigenvalue weighted by atomic mass is 10.2. The van der Waals surface area contributed by atoms with Crippen LogP contribution in [0.4, 0.5) is 11.4 Å². The number of amides is 1. The molecule has 21 heavy (non-hydrogen) atoms. The van der Waals surface area contributed by atoms with Crippen LogP contribution in [0.2, 0.25) is 0 Å². The van der Waals surface area contributed by atoms with Gasteiger partial charge in [0.25, 0.3) is 0 Å². The highest BCUT2D eigenvalue weighted by molar-refractivity contribution is 7.99. The number of hydrogen-bond donors (Lipinski definition) is 2. The van der Waals surface area contributed by atoms with Crippen molar-refractivity contribution in [2.24, 2.45) is 0 Å². The van der Waals surface area contributed by atoms with E-state index in [9.17, 15) is 4.79 Å². The molecule has 0 unspecified atom stereocenters. The lowest BCUT2D eigenvalue weighted by molar-refractivity contribution is -0.116. The molecular weight excluding hydrogens is 282 g/mol. The highest BCUT2D eigenvalue weighted by atomic mass is 32.2. The predicted molar refractivity (Wildman–Crippen MR) is 93.8 cm³/mol. The molecule has 1 aromatic rings. The van der Waals surface area contributed by atoms with E-state index in [4.69, 9.17) is 5.73 Å². The Balaban J connectivity index is 2.07. The maximum absolute atomic E-state index is 11.8. The monoisotopic (exact) mass is 309 g/mol. The SMILES string of the molecule is CCN(CC)CCSCCCC(=O)Nc1ccc(N)cc1. The zero-order valence-electron chi connectivity index (χ0n) is 13.1. The van der Waals surface area contributed by atoms with E-state index >= 15 is 0 Å². The van der Waals surface area contributed by atoms with Gasteiger partial charge in [-0.05, 0) is 49.5 Å². The molecule has 0 heterocycles. The molecule has 1 rings (SSSR count). The molecule has 118 valence electrons. The van der Waals surface area contributed by atoms with Gasteiger partial charge in [-0.25, -0.2) is 0 Å². The third-order valence-electron chi connectivity index (χ3n) is 3.33. The summed E-state index contributed by atoms with van der Waals surface area (Å²) in [6, 6.07) is 7.23. The Bertz CT molecular complexity index is 404. The van der Waals surface area contributed by atoms with Gasteiger partial charge in [0, 0.05) is 30.1 Å². The molecule has 3 N–H and O–H groups in total. The van der Waals surface area contributed by atoms with Crippen molar-refractivity contribution < 1.29 is 4.79 Å². The Morgan fingerprint density at radius 3 is 2.48 bits per heavy atom. The molecule has 4 nitrogen and oxygen atoms in total. The number of nitrogen functional groups attached to an aromatic ring is 1. The fraction of sp³-hybridized carbons (Fsp3) is 0.562. The normalized spacial score (nSPS) is 10.8. The van der Waals surface area contributed by atoms with Crippen molar-refractivity contribution in [2.75, 3.05) is 42.2 Å². The molecule has 0 spiro atoms. The average Bonchev–Trinajstić information content (AvgIpc) is 2.49. The first-order valence-corrected chi connectivity index (χ1v) is 8.76. The summed E-state index contributed by atoms with van der Waals surface area (Å²) in [5.41, 5.74) is 7.12. The molecule has 0 aromatic heterocycles. The van der Waals surface area contributed by atoms with Crippen LogP contribution in [0.5, 0.6) is 0 Å². The number of benzene rings is 1. The van der Waals surface area contributed by atoms with Crippen LogP contribution in [-0.2, 0) is 4.79 Å². The molecule has 0 aliphatic rings. The molecule has 0 radical (unpaired) electrons. The zero-order chi connectivity index (χ0) is 15.5. The number of hydrogen-bond acceptors (Lipinski definition) is 4. The maximum Gasteiger partial charge on any atom is 0.224 e. The third-order valence-corrected chi connectivity index (χ3v) is 4.38. The van der Waals surface area contributed by atoms with Gasteiger partial charge in [-0.3, -0.25) is 4.79 Å². The quantitative estimate of drug-likeness (QED) is 0.515. The van der Waals surface area contributed by atoms with E-state index in [2.05, 4.69) is 24.1 Å². The fourth-order valence-electron chi connectivity index (χ4n) is 1.96. The lowest BCUT2D eigenvalue weighted by Gasteiger charge is -2.17. The molecule has 0 saturated carbocycles. The maximum atomic E-state index is 11.8. The summed E-state index contributed by atoms with van der Waals surface area (Å²) < 4.78 is 0. The highest BCUT2D eigenvalue weighted by Crippen LogP contribution is 2.12. The predicted octanol–water partition coefficient (Wildman–Crippen LogP) is 3.06. The minimum Gasteiger partial charge on any atom is -0.399 e. The molecule has 5 heteroatoms. The highest BCUT2D eigenvalue weighted by Gasteiger charge is 2.03. The number of carbonyl (C=O) groups excluding carboxylic acids is 1. The summed E-state index contributed by atoms with van der Waals surface area (Å²) in [7, 11) is 0. The van der Waals surface area contributed by atoms with Crippen molar-refractivity contribution >= 4 is 29.0 Å². The van der Waals surface area contributed by atoms with Gasteiger partial charge in [0.2, 0.25) is 5.91 Å². The third kappa shape index (κ3) is 7.97. The Kier molecular flexibility index (Phi) is 8.94. The van der Waals surface area contributed by atoms with Crippen molar-refractivity contribution in [3.8, 4) is 0 Å². The number of carbonyl (C=O) groups is 1. The topological polar surface area (TPSA) is 58.4 Å². The molecular formula is C16H27N3OS. The minimum atomic E-state index is 0.0733. The second-order valence-electron chi connectivity index (χ2n) is 4.91. The van der Waals surface area contributed by atoms with Gasteiger partial charge in [-0.1, -0.05) is 13.8 Å². The second kappa shape index (κ2) is 10.5. The molecule has 1 aromatic carbocycles. The van der Waals surface area contributed by atoms with Gasteiger partial charge in [0.05, 0.1) is 0 Å². The summed E-state index contributed by atoms with van der Waals surface area (Å²) in [6.07, 6.45) is 1.49. The van der Waals surface area contributed by atoms with Crippen LogP contribution in [0.25, 0.3) is 0 Å². The van der Waals surface area contributed by atoms with E-state index in [1.165, 1.54) is 0 Å². The van der Waals surface area contributed by atoms with Crippen molar-refractivity contribution in [3.63, 3.8) is 0 Å².